The first-order chi connectivity index (χ1) is 7.90. The Balaban J connectivity index is 2.47. The number of carbonyl (C=O) groups is 1. The summed E-state index contributed by atoms with van der Waals surface area (Å²) in [6.45, 7) is 6.56. The van der Waals surface area contributed by atoms with Crippen LogP contribution in [-0.4, -0.2) is 28.3 Å². The summed E-state index contributed by atoms with van der Waals surface area (Å²) in [6.07, 6.45) is 2.63. The number of hydrogen-bond acceptors (Lipinski definition) is 3. The highest BCUT2D eigenvalue weighted by Crippen LogP contribution is 2.05. The van der Waals surface area contributed by atoms with E-state index in [-0.39, 0.29) is 11.9 Å². The summed E-state index contributed by atoms with van der Waals surface area (Å²) in [7, 11) is 1.80. The van der Waals surface area contributed by atoms with E-state index < -0.39 is 0 Å². The fourth-order valence-electron chi connectivity index (χ4n) is 1.83. The Kier molecular flexibility index (Phi) is 4.69. The molecule has 5 heteroatoms. The van der Waals surface area contributed by atoms with Gasteiger partial charge in [-0.15, -0.1) is 0 Å². The molecule has 0 aliphatic carbocycles. The molecular formula is C12H22N4O. The lowest BCUT2D eigenvalue weighted by Crippen LogP contribution is -2.38. The molecule has 1 aromatic rings. The zero-order chi connectivity index (χ0) is 13.0. The van der Waals surface area contributed by atoms with Crippen LogP contribution in [0.4, 0.5) is 0 Å². The molecule has 1 amide bonds. The molecule has 0 aliphatic heterocycles. The average Bonchev–Trinajstić information content (AvgIpc) is 2.53. The van der Waals surface area contributed by atoms with Crippen LogP contribution in [0.15, 0.2) is 6.20 Å². The number of aromatic nitrogens is 2. The molecule has 1 atom stereocenters. The van der Waals surface area contributed by atoms with Gasteiger partial charge in [0.15, 0.2) is 0 Å². The minimum atomic E-state index is -0.102. The van der Waals surface area contributed by atoms with Crippen molar-refractivity contribution in [1.29, 1.82) is 0 Å². The van der Waals surface area contributed by atoms with E-state index >= 15 is 0 Å². The average molecular weight is 238 g/mol. The van der Waals surface area contributed by atoms with Crippen molar-refractivity contribution in [1.82, 2.24) is 15.1 Å². The van der Waals surface area contributed by atoms with Crippen LogP contribution in [0.25, 0.3) is 0 Å². The molecule has 3 N–H and O–H groups in total. The Bertz CT molecular complexity index is 384. The summed E-state index contributed by atoms with van der Waals surface area (Å²) >= 11 is 0. The fraction of sp³-hybridized carbons (Fsp3) is 0.667. The number of nitrogens with one attached hydrogen (secondary N) is 1. The number of hydrogen-bond donors (Lipinski definition) is 2. The van der Waals surface area contributed by atoms with E-state index in [1.54, 1.807) is 17.9 Å². The minimum absolute atomic E-state index is 0.0101. The van der Waals surface area contributed by atoms with E-state index in [9.17, 15) is 4.79 Å². The molecule has 1 unspecified atom stereocenters. The third-order valence-corrected chi connectivity index (χ3v) is 2.56. The van der Waals surface area contributed by atoms with Gasteiger partial charge in [-0.1, -0.05) is 13.8 Å². The van der Waals surface area contributed by atoms with Crippen molar-refractivity contribution in [3.63, 3.8) is 0 Å². The Labute approximate surface area is 102 Å². The molecule has 1 rings (SSSR count). The monoisotopic (exact) mass is 238 g/mol. The van der Waals surface area contributed by atoms with Gasteiger partial charge in [0.05, 0.1) is 11.3 Å². The molecule has 0 bridgehead atoms. The topological polar surface area (TPSA) is 72.9 Å². The number of rotatable bonds is 5. The van der Waals surface area contributed by atoms with Gasteiger partial charge in [0.25, 0.3) is 5.91 Å². The van der Waals surface area contributed by atoms with Crippen molar-refractivity contribution < 1.29 is 4.79 Å². The van der Waals surface area contributed by atoms with Crippen LogP contribution < -0.4 is 11.1 Å². The smallest absolute Gasteiger partial charge is 0.254 e. The van der Waals surface area contributed by atoms with Crippen LogP contribution in [0.5, 0.6) is 0 Å². The molecule has 0 aromatic carbocycles. The fourth-order valence-corrected chi connectivity index (χ4v) is 1.83. The van der Waals surface area contributed by atoms with Crippen LogP contribution in [0.3, 0.4) is 0 Å². The summed E-state index contributed by atoms with van der Waals surface area (Å²) in [6, 6.07) is 0.0101. The lowest BCUT2D eigenvalue weighted by molar-refractivity contribution is 0.0949. The molecule has 0 aliphatic rings. The predicted molar refractivity (Wildman–Crippen MR) is 67.7 cm³/mol. The van der Waals surface area contributed by atoms with Crippen molar-refractivity contribution in [3.05, 3.63) is 17.5 Å². The second kappa shape index (κ2) is 5.82. The third kappa shape index (κ3) is 4.19. The highest BCUT2D eigenvalue weighted by atomic mass is 16.1. The number of carbonyl (C=O) groups excluding carboxylic acids is 1. The van der Waals surface area contributed by atoms with E-state index in [4.69, 9.17) is 5.73 Å². The molecule has 96 valence electrons. The van der Waals surface area contributed by atoms with E-state index in [1.807, 2.05) is 6.92 Å². The first-order valence-corrected chi connectivity index (χ1v) is 5.94. The van der Waals surface area contributed by atoms with Gasteiger partial charge in [0, 0.05) is 25.8 Å². The summed E-state index contributed by atoms with van der Waals surface area (Å²) in [5.74, 6) is 0.442. The number of nitrogens with two attached hydrogens (primary N) is 1. The lowest BCUT2D eigenvalue weighted by atomic mass is 10.0. The highest BCUT2D eigenvalue weighted by molar-refractivity contribution is 5.94. The molecule has 0 radical (unpaired) electrons. The zero-order valence-corrected chi connectivity index (χ0v) is 11.0. The maximum absolute atomic E-state index is 11.8. The second-order valence-electron chi connectivity index (χ2n) is 4.90. The molecule has 0 saturated carbocycles. The minimum Gasteiger partial charge on any atom is -0.350 e. The van der Waals surface area contributed by atoms with Crippen LogP contribution in [0, 0.1) is 12.8 Å². The van der Waals surface area contributed by atoms with E-state index in [0.29, 0.717) is 18.0 Å². The van der Waals surface area contributed by atoms with Crippen molar-refractivity contribution in [2.24, 2.45) is 18.7 Å². The number of amides is 1. The van der Waals surface area contributed by atoms with Gasteiger partial charge in [-0.2, -0.15) is 5.10 Å². The van der Waals surface area contributed by atoms with Gasteiger partial charge in [-0.25, -0.2) is 0 Å². The van der Waals surface area contributed by atoms with Crippen LogP contribution >= 0.6 is 0 Å². The van der Waals surface area contributed by atoms with Gasteiger partial charge >= 0.3 is 0 Å². The molecular weight excluding hydrogens is 216 g/mol. The molecule has 17 heavy (non-hydrogen) atoms. The van der Waals surface area contributed by atoms with Gasteiger partial charge in [-0.05, 0) is 19.3 Å². The number of nitrogens with zero attached hydrogens (tertiary/aromatic N) is 2. The highest BCUT2D eigenvalue weighted by Gasteiger charge is 2.13. The van der Waals surface area contributed by atoms with Crippen molar-refractivity contribution in [2.45, 2.75) is 33.2 Å². The summed E-state index contributed by atoms with van der Waals surface area (Å²) in [5.41, 5.74) is 7.26. The van der Waals surface area contributed by atoms with Crippen molar-refractivity contribution in [2.75, 3.05) is 6.54 Å². The summed E-state index contributed by atoms with van der Waals surface area (Å²) in [5, 5.41) is 6.97. The Morgan fingerprint density at radius 1 is 1.59 bits per heavy atom. The zero-order valence-electron chi connectivity index (χ0n) is 11.0. The van der Waals surface area contributed by atoms with Gasteiger partial charge in [0.1, 0.15) is 0 Å². The molecule has 0 saturated heterocycles. The van der Waals surface area contributed by atoms with Crippen LogP contribution in [0.2, 0.25) is 0 Å². The van der Waals surface area contributed by atoms with Gasteiger partial charge in [-0.3, -0.25) is 9.48 Å². The summed E-state index contributed by atoms with van der Waals surface area (Å²) in [4.78, 5) is 11.8. The van der Waals surface area contributed by atoms with Crippen LogP contribution in [0.1, 0.15) is 36.3 Å². The molecule has 1 heterocycles. The predicted octanol–water partition coefficient (Wildman–Crippen LogP) is 0.832. The van der Waals surface area contributed by atoms with E-state index in [2.05, 4.69) is 24.3 Å². The number of aryl methyl sites for hydroxylation is 2. The normalized spacial score (nSPS) is 12.8. The standard InChI is InChI=1S/C12H22N4O/c1-8(2)5-10(13)6-14-12(17)11-7-16(4)15-9(11)3/h7-8,10H,5-6,13H2,1-4H3,(H,14,17). The largest absolute Gasteiger partial charge is 0.350 e. The SMILES string of the molecule is Cc1nn(C)cc1C(=O)NCC(N)CC(C)C. The summed E-state index contributed by atoms with van der Waals surface area (Å²) < 4.78 is 1.64. The van der Waals surface area contributed by atoms with Gasteiger partial charge < -0.3 is 11.1 Å². The molecule has 5 nitrogen and oxygen atoms in total. The Morgan fingerprint density at radius 2 is 2.24 bits per heavy atom. The van der Waals surface area contributed by atoms with Crippen LogP contribution in [-0.2, 0) is 7.05 Å². The lowest BCUT2D eigenvalue weighted by Gasteiger charge is -2.14. The Morgan fingerprint density at radius 3 is 2.71 bits per heavy atom. The van der Waals surface area contributed by atoms with Gasteiger partial charge in [0.2, 0.25) is 0 Å². The third-order valence-electron chi connectivity index (χ3n) is 2.56. The van der Waals surface area contributed by atoms with E-state index in [1.165, 1.54) is 0 Å². The first-order valence-electron chi connectivity index (χ1n) is 5.94. The molecule has 1 aromatic heterocycles. The Hall–Kier alpha value is -1.36. The maximum atomic E-state index is 11.8. The van der Waals surface area contributed by atoms with E-state index in [0.717, 1.165) is 12.1 Å². The van der Waals surface area contributed by atoms with Crippen molar-refractivity contribution >= 4 is 5.91 Å². The molecule has 0 spiro atoms. The maximum Gasteiger partial charge on any atom is 0.254 e. The quantitative estimate of drug-likeness (QED) is 0.798. The van der Waals surface area contributed by atoms with Crippen molar-refractivity contribution in [3.8, 4) is 0 Å². The molecule has 0 fully saturated rings. The second-order valence-corrected chi connectivity index (χ2v) is 4.90. The first kappa shape index (κ1) is 13.7.